The molecule has 0 spiro atoms. The molecule has 0 aliphatic carbocycles. The second-order valence-corrected chi connectivity index (χ2v) is 7.26. The van der Waals surface area contributed by atoms with Gasteiger partial charge < -0.3 is 19.7 Å². The van der Waals surface area contributed by atoms with Crippen molar-refractivity contribution >= 4 is 11.8 Å². The van der Waals surface area contributed by atoms with Gasteiger partial charge in [-0.1, -0.05) is 6.07 Å². The SMILES string of the molecule is CNc1ncc(C2CCN(CCOc3cccc(OC)c3)CC2)c(N(C)C)n1. The topological polar surface area (TPSA) is 62.8 Å². The average Bonchev–Trinajstić information content (AvgIpc) is 2.74. The first-order chi connectivity index (χ1) is 13.6. The molecule has 1 aromatic carbocycles. The van der Waals surface area contributed by atoms with Crippen LogP contribution >= 0.6 is 0 Å². The van der Waals surface area contributed by atoms with Crippen LogP contribution in [0.5, 0.6) is 11.5 Å². The number of nitrogens with one attached hydrogen (secondary N) is 1. The van der Waals surface area contributed by atoms with Crippen LogP contribution < -0.4 is 19.7 Å². The van der Waals surface area contributed by atoms with Crippen molar-refractivity contribution in [3.8, 4) is 11.5 Å². The van der Waals surface area contributed by atoms with E-state index in [1.54, 1.807) is 7.11 Å². The Bertz CT molecular complexity index is 760. The summed E-state index contributed by atoms with van der Waals surface area (Å²) in [6, 6.07) is 7.76. The van der Waals surface area contributed by atoms with Crippen LogP contribution in [0.3, 0.4) is 0 Å². The van der Waals surface area contributed by atoms with Gasteiger partial charge in [0.1, 0.15) is 23.9 Å². The van der Waals surface area contributed by atoms with Gasteiger partial charge in [0.2, 0.25) is 5.95 Å². The van der Waals surface area contributed by atoms with Crippen LogP contribution in [0.1, 0.15) is 24.3 Å². The number of aromatic nitrogens is 2. The van der Waals surface area contributed by atoms with Crippen molar-refractivity contribution in [2.75, 3.05) is 64.7 Å². The zero-order valence-corrected chi connectivity index (χ0v) is 17.3. The van der Waals surface area contributed by atoms with Crippen molar-refractivity contribution in [2.24, 2.45) is 0 Å². The largest absolute Gasteiger partial charge is 0.497 e. The van der Waals surface area contributed by atoms with Crippen LogP contribution in [0, 0.1) is 0 Å². The summed E-state index contributed by atoms with van der Waals surface area (Å²) in [5.41, 5.74) is 1.25. The molecule has 1 N–H and O–H groups in total. The lowest BCUT2D eigenvalue weighted by atomic mass is 9.90. The van der Waals surface area contributed by atoms with Crippen molar-refractivity contribution in [2.45, 2.75) is 18.8 Å². The van der Waals surface area contributed by atoms with Gasteiger partial charge in [0, 0.05) is 45.5 Å². The summed E-state index contributed by atoms with van der Waals surface area (Å²) in [5.74, 6) is 3.85. The molecular formula is C21H31N5O2. The summed E-state index contributed by atoms with van der Waals surface area (Å²) in [6.07, 6.45) is 4.21. The molecule has 0 atom stereocenters. The predicted octanol–water partition coefficient (Wildman–Crippen LogP) is 2.85. The molecule has 152 valence electrons. The molecule has 0 bridgehead atoms. The molecule has 0 unspecified atom stereocenters. The van der Waals surface area contributed by atoms with Crippen molar-refractivity contribution in [3.05, 3.63) is 36.0 Å². The number of anilines is 2. The van der Waals surface area contributed by atoms with Crippen molar-refractivity contribution in [3.63, 3.8) is 0 Å². The Morgan fingerprint density at radius 2 is 1.96 bits per heavy atom. The minimum Gasteiger partial charge on any atom is -0.497 e. The molecule has 28 heavy (non-hydrogen) atoms. The first kappa shape index (κ1) is 20.2. The average molecular weight is 386 g/mol. The van der Waals surface area contributed by atoms with Gasteiger partial charge in [-0.3, -0.25) is 4.90 Å². The van der Waals surface area contributed by atoms with Crippen molar-refractivity contribution in [1.82, 2.24) is 14.9 Å². The van der Waals surface area contributed by atoms with Crippen LogP contribution in [0.25, 0.3) is 0 Å². The maximum atomic E-state index is 5.88. The lowest BCUT2D eigenvalue weighted by molar-refractivity contribution is 0.173. The van der Waals surface area contributed by atoms with Gasteiger partial charge in [0.25, 0.3) is 0 Å². The van der Waals surface area contributed by atoms with E-state index in [1.807, 2.05) is 51.6 Å². The fourth-order valence-corrected chi connectivity index (χ4v) is 3.60. The number of nitrogens with zero attached hydrogens (tertiary/aromatic N) is 4. The van der Waals surface area contributed by atoms with Gasteiger partial charge >= 0.3 is 0 Å². The quantitative estimate of drug-likeness (QED) is 0.750. The Labute approximate surface area is 167 Å². The number of likely N-dealkylation sites (tertiary alicyclic amines) is 1. The summed E-state index contributed by atoms with van der Waals surface area (Å²) in [4.78, 5) is 13.6. The fraction of sp³-hybridized carbons (Fsp3) is 0.524. The number of piperidine rings is 1. The number of rotatable bonds is 8. The van der Waals surface area contributed by atoms with E-state index < -0.39 is 0 Å². The molecule has 1 aliphatic heterocycles. The maximum Gasteiger partial charge on any atom is 0.224 e. The smallest absolute Gasteiger partial charge is 0.224 e. The van der Waals surface area contributed by atoms with Crippen molar-refractivity contribution in [1.29, 1.82) is 0 Å². The van der Waals surface area contributed by atoms with E-state index >= 15 is 0 Å². The molecule has 1 fully saturated rings. The Hall–Kier alpha value is -2.54. The van der Waals surface area contributed by atoms with Crippen LogP contribution in [0.2, 0.25) is 0 Å². The van der Waals surface area contributed by atoms with Crippen LogP contribution in [0.15, 0.2) is 30.5 Å². The first-order valence-corrected chi connectivity index (χ1v) is 9.82. The van der Waals surface area contributed by atoms with Crippen LogP contribution in [-0.2, 0) is 0 Å². The van der Waals surface area contributed by atoms with Gasteiger partial charge in [-0.15, -0.1) is 0 Å². The van der Waals surface area contributed by atoms with E-state index in [2.05, 4.69) is 25.1 Å². The Balaban J connectivity index is 1.50. The molecule has 1 aliphatic rings. The minimum absolute atomic E-state index is 0.499. The third-order valence-electron chi connectivity index (χ3n) is 5.19. The highest BCUT2D eigenvalue weighted by molar-refractivity contribution is 5.50. The summed E-state index contributed by atoms with van der Waals surface area (Å²) in [5, 5.41) is 3.02. The van der Waals surface area contributed by atoms with E-state index in [1.165, 1.54) is 5.56 Å². The van der Waals surface area contributed by atoms with Gasteiger partial charge in [-0.2, -0.15) is 4.98 Å². The normalized spacial score (nSPS) is 15.3. The molecule has 1 saturated heterocycles. The molecular weight excluding hydrogens is 354 g/mol. The predicted molar refractivity (Wildman–Crippen MR) is 113 cm³/mol. The molecule has 2 heterocycles. The summed E-state index contributed by atoms with van der Waals surface area (Å²) in [6.45, 7) is 3.74. The molecule has 7 heteroatoms. The number of methoxy groups -OCH3 is 1. The Morgan fingerprint density at radius 3 is 2.64 bits per heavy atom. The molecule has 0 saturated carbocycles. The molecule has 0 radical (unpaired) electrons. The second kappa shape index (κ2) is 9.59. The molecule has 3 rings (SSSR count). The van der Waals surface area contributed by atoms with Gasteiger partial charge in [0.15, 0.2) is 0 Å². The minimum atomic E-state index is 0.499. The van der Waals surface area contributed by atoms with E-state index in [9.17, 15) is 0 Å². The van der Waals surface area contributed by atoms with E-state index in [0.717, 1.165) is 49.8 Å². The van der Waals surface area contributed by atoms with E-state index in [0.29, 0.717) is 18.5 Å². The molecule has 1 aromatic heterocycles. The maximum absolute atomic E-state index is 5.88. The zero-order valence-electron chi connectivity index (χ0n) is 17.3. The lowest BCUT2D eigenvalue weighted by Gasteiger charge is -2.33. The number of hydrogen-bond donors (Lipinski definition) is 1. The van der Waals surface area contributed by atoms with E-state index in [-0.39, 0.29) is 0 Å². The lowest BCUT2D eigenvalue weighted by Crippen LogP contribution is -2.36. The Morgan fingerprint density at radius 1 is 1.21 bits per heavy atom. The third-order valence-corrected chi connectivity index (χ3v) is 5.19. The molecule has 2 aromatic rings. The summed E-state index contributed by atoms with van der Waals surface area (Å²) < 4.78 is 11.1. The number of ether oxygens (including phenoxy) is 2. The van der Waals surface area contributed by atoms with Crippen LogP contribution in [-0.4, -0.2) is 69.4 Å². The highest BCUT2D eigenvalue weighted by atomic mass is 16.5. The first-order valence-electron chi connectivity index (χ1n) is 9.82. The monoisotopic (exact) mass is 385 g/mol. The standard InChI is InChI=1S/C21H31N5O2/c1-22-21-23-15-19(20(24-21)25(2)3)16-8-10-26(11-9-16)12-13-28-18-7-5-6-17(14-18)27-4/h5-7,14-16H,8-13H2,1-4H3,(H,22,23,24). The van der Waals surface area contributed by atoms with Crippen molar-refractivity contribution < 1.29 is 9.47 Å². The molecule has 0 amide bonds. The number of benzene rings is 1. The fourth-order valence-electron chi connectivity index (χ4n) is 3.60. The number of hydrogen-bond acceptors (Lipinski definition) is 7. The second-order valence-electron chi connectivity index (χ2n) is 7.26. The highest BCUT2D eigenvalue weighted by Crippen LogP contribution is 2.33. The zero-order chi connectivity index (χ0) is 19.9. The van der Waals surface area contributed by atoms with Gasteiger partial charge in [-0.05, 0) is 44.0 Å². The summed E-state index contributed by atoms with van der Waals surface area (Å²) >= 11 is 0. The third kappa shape index (κ3) is 5.04. The van der Waals surface area contributed by atoms with Crippen LogP contribution in [0.4, 0.5) is 11.8 Å². The van der Waals surface area contributed by atoms with Gasteiger partial charge in [-0.25, -0.2) is 4.98 Å². The summed E-state index contributed by atoms with van der Waals surface area (Å²) in [7, 11) is 7.59. The molecule has 7 nitrogen and oxygen atoms in total. The highest BCUT2D eigenvalue weighted by Gasteiger charge is 2.24. The Kier molecular flexibility index (Phi) is 6.92. The van der Waals surface area contributed by atoms with Gasteiger partial charge in [0.05, 0.1) is 7.11 Å². The van der Waals surface area contributed by atoms with E-state index in [4.69, 9.17) is 9.47 Å².